The summed E-state index contributed by atoms with van der Waals surface area (Å²) in [4.78, 5) is 31.9. The Hall–Kier alpha value is -1.44. The van der Waals surface area contributed by atoms with Crippen molar-refractivity contribution in [1.29, 1.82) is 0 Å². The number of carbonyl (C=O) groups is 2. The molecule has 1 aromatic rings. The number of nitrogens with one attached hydrogen (secondary N) is 1. The van der Waals surface area contributed by atoms with Gasteiger partial charge in [0.2, 0.25) is 5.91 Å². The van der Waals surface area contributed by atoms with Crippen molar-refractivity contribution in [1.82, 2.24) is 10.4 Å². The van der Waals surface area contributed by atoms with Gasteiger partial charge in [0.05, 0.1) is 0 Å². The Morgan fingerprint density at radius 1 is 1.12 bits per heavy atom. The smallest absolute Gasteiger partial charge is 0.253 e. The lowest BCUT2D eigenvalue weighted by Crippen LogP contribution is -2.44. The minimum absolute atomic E-state index is 0.0122. The molecular formula is C18H23BrN2O4. The Kier molecular flexibility index (Phi) is 6.45. The topological polar surface area (TPSA) is 67.9 Å². The fourth-order valence-electron chi connectivity index (χ4n) is 3.13. The minimum Gasteiger partial charge on any atom is -0.350 e. The number of likely N-dealkylation sites (tertiary alicyclic amines) is 1. The summed E-state index contributed by atoms with van der Waals surface area (Å²) in [6.07, 6.45) is 3.85. The quantitative estimate of drug-likeness (QED) is 0.774. The summed E-state index contributed by atoms with van der Waals surface area (Å²) in [7, 11) is 0. The minimum atomic E-state index is -0.336. The number of carbonyl (C=O) groups excluding carboxylic acids is 2. The molecule has 1 unspecified atom stereocenters. The van der Waals surface area contributed by atoms with Gasteiger partial charge in [-0.05, 0) is 49.9 Å². The molecule has 2 amide bonds. The Balaban J connectivity index is 1.43. The number of nitrogens with zero attached hydrogens (tertiary/aromatic N) is 1. The van der Waals surface area contributed by atoms with Crippen LogP contribution in [0.25, 0.3) is 0 Å². The van der Waals surface area contributed by atoms with Gasteiger partial charge in [-0.1, -0.05) is 15.9 Å². The maximum absolute atomic E-state index is 12.5. The average Bonchev–Trinajstić information content (AvgIpc) is 2.67. The third-order valence-corrected chi connectivity index (χ3v) is 5.20. The lowest BCUT2D eigenvalue weighted by molar-refractivity contribution is -0.202. The van der Waals surface area contributed by atoms with Crippen LogP contribution in [0.3, 0.4) is 0 Å². The van der Waals surface area contributed by atoms with Gasteiger partial charge in [-0.3, -0.25) is 9.59 Å². The molecule has 7 heteroatoms. The maximum Gasteiger partial charge on any atom is 0.253 e. The van der Waals surface area contributed by atoms with E-state index >= 15 is 0 Å². The second kappa shape index (κ2) is 8.78. The number of rotatable bonds is 4. The van der Waals surface area contributed by atoms with Crippen molar-refractivity contribution < 1.29 is 19.2 Å². The third-order valence-electron chi connectivity index (χ3n) is 4.67. The molecule has 1 N–H and O–H groups in total. The van der Waals surface area contributed by atoms with Crippen LogP contribution in [0.1, 0.15) is 42.5 Å². The summed E-state index contributed by atoms with van der Waals surface area (Å²) < 4.78 is 6.37. The second-order valence-corrected chi connectivity index (χ2v) is 7.37. The van der Waals surface area contributed by atoms with Gasteiger partial charge < -0.3 is 9.64 Å². The predicted molar refractivity (Wildman–Crippen MR) is 95.6 cm³/mol. The standard InChI is InChI=1S/C18H23BrN2O4/c19-15-6-4-14(5-7-15)18(23)21-10-8-13(9-11-21)17(22)20-25-16-3-1-2-12-24-16/h4-7,13,16H,1-3,8-12H2,(H,20,22). The molecule has 0 radical (unpaired) electrons. The predicted octanol–water partition coefficient (Wildman–Crippen LogP) is 2.88. The highest BCUT2D eigenvalue weighted by atomic mass is 79.9. The van der Waals surface area contributed by atoms with Gasteiger partial charge in [0.25, 0.3) is 5.91 Å². The van der Waals surface area contributed by atoms with Crippen LogP contribution >= 0.6 is 15.9 Å². The van der Waals surface area contributed by atoms with E-state index in [4.69, 9.17) is 9.57 Å². The van der Waals surface area contributed by atoms with Gasteiger partial charge in [0.1, 0.15) is 0 Å². The third kappa shape index (κ3) is 5.03. The van der Waals surface area contributed by atoms with E-state index in [0.29, 0.717) is 38.1 Å². The Labute approximate surface area is 155 Å². The van der Waals surface area contributed by atoms with Crippen molar-refractivity contribution in [3.8, 4) is 0 Å². The number of piperidine rings is 1. The van der Waals surface area contributed by atoms with Gasteiger partial charge in [0.15, 0.2) is 6.29 Å². The normalized spacial score (nSPS) is 21.8. The molecule has 0 aromatic heterocycles. The van der Waals surface area contributed by atoms with E-state index in [-0.39, 0.29) is 24.0 Å². The molecule has 136 valence electrons. The second-order valence-electron chi connectivity index (χ2n) is 6.45. The van der Waals surface area contributed by atoms with Crippen LogP contribution in [0, 0.1) is 5.92 Å². The first-order valence-electron chi connectivity index (χ1n) is 8.75. The molecule has 25 heavy (non-hydrogen) atoms. The summed E-state index contributed by atoms with van der Waals surface area (Å²) in [6.45, 7) is 1.83. The molecule has 0 saturated carbocycles. The van der Waals surface area contributed by atoms with Crippen LogP contribution in [0.4, 0.5) is 0 Å². The molecule has 2 saturated heterocycles. The largest absolute Gasteiger partial charge is 0.350 e. The number of hydrogen-bond donors (Lipinski definition) is 1. The number of hydrogen-bond acceptors (Lipinski definition) is 4. The molecule has 2 heterocycles. The highest BCUT2D eigenvalue weighted by molar-refractivity contribution is 9.10. The molecule has 2 aliphatic heterocycles. The van der Waals surface area contributed by atoms with E-state index < -0.39 is 0 Å². The molecule has 0 spiro atoms. The summed E-state index contributed by atoms with van der Waals surface area (Å²) in [6, 6.07) is 7.34. The maximum atomic E-state index is 12.5. The number of amides is 2. The van der Waals surface area contributed by atoms with Crippen molar-refractivity contribution in [2.45, 2.75) is 38.4 Å². The zero-order chi connectivity index (χ0) is 17.6. The first kappa shape index (κ1) is 18.4. The van der Waals surface area contributed by atoms with Crippen molar-refractivity contribution in [2.75, 3.05) is 19.7 Å². The van der Waals surface area contributed by atoms with Crippen LogP contribution in [-0.4, -0.2) is 42.7 Å². The average molecular weight is 411 g/mol. The van der Waals surface area contributed by atoms with Crippen molar-refractivity contribution >= 4 is 27.7 Å². The molecule has 0 bridgehead atoms. The SMILES string of the molecule is O=C(NOC1CCCCO1)C1CCN(C(=O)c2ccc(Br)cc2)CC1. The highest BCUT2D eigenvalue weighted by Crippen LogP contribution is 2.21. The summed E-state index contributed by atoms with van der Waals surface area (Å²) in [5, 5.41) is 0. The van der Waals surface area contributed by atoms with Crippen LogP contribution in [0.2, 0.25) is 0 Å². The number of benzene rings is 1. The lowest BCUT2D eigenvalue weighted by atomic mass is 9.96. The molecule has 2 aliphatic rings. The van der Waals surface area contributed by atoms with Gasteiger partial charge in [-0.2, -0.15) is 0 Å². The van der Waals surface area contributed by atoms with E-state index in [2.05, 4.69) is 21.4 Å². The number of hydroxylamine groups is 1. The van der Waals surface area contributed by atoms with Crippen molar-refractivity contribution in [2.24, 2.45) is 5.92 Å². The Bertz CT molecular complexity index is 594. The van der Waals surface area contributed by atoms with Crippen LogP contribution in [0.15, 0.2) is 28.7 Å². The lowest BCUT2D eigenvalue weighted by Gasteiger charge is -2.31. The van der Waals surface area contributed by atoms with Crippen molar-refractivity contribution in [3.63, 3.8) is 0 Å². The van der Waals surface area contributed by atoms with Crippen molar-refractivity contribution in [3.05, 3.63) is 34.3 Å². The molecule has 6 nitrogen and oxygen atoms in total. The fraction of sp³-hybridized carbons (Fsp3) is 0.556. The summed E-state index contributed by atoms with van der Waals surface area (Å²) >= 11 is 3.37. The molecule has 0 aliphatic carbocycles. The number of ether oxygens (including phenoxy) is 1. The van der Waals surface area contributed by atoms with Gasteiger partial charge in [-0.25, -0.2) is 10.3 Å². The Morgan fingerprint density at radius 2 is 1.84 bits per heavy atom. The molecular weight excluding hydrogens is 388 g/mol. The van der Waals surface area contributed by atoms with E-state index in [1.54, 1.807) is 4.90 Å². The van der Waals surface area contributed by atoms with Gasteiger partial charge in [0, 0.05) is 42.1 Å². The highest BCUT2D eigenvalue weighted by Gasteiger charge is 2.28. The van der Waals surface area contributed by atoms with E-state index in [1.165, 1.54) is 0 Å². The molecule has 3 rings (SSSR count). The molecule has 1 atom stereocenters. The van der Waals surface area contributed by atoms with E-state index in [0.717, 1.165) is 23.7 Å². The summed E-state index contributed by atoms with van der Waals surface area (Å²) in [5.74, 6) is -0.235. The van der Waals surface area contributed by atoms with E-state index in [9.17, 15) is 9.59 Å². The van der Waals surface area contributed by atoms with Crippen LogP contribution in [0.5, 0.6) is 0 Å². The van der Waals surface area contributed by atoms with Crippen LogP contribution in [-0.2, 0) is 14.4 Å². The zero-order valence-electron chi connectivity index (χ0n) is 14.1. The fourth-order valence-corrected chi connectivity index (χ4v) is 3.40. The molecule has 1 aromatic carbocycles. The van der Waals surface area contributed by atoms with E-state index in [1.807, 2.05) is 24.3 Å². The molecule has 2 fully saturated rings. The first-order valence-corrected chi connectivity index (χ1v) is 9.55. The first-order chi connectivity index (χ1) is 12.1. The van der Waals surface area contributed by atoms with Gasteiger partial charge in [-0.15, -0.1) is 0 Å². The number of halogens is 1. The van der Waals surface area contributed by atoms with Gasteiger partial charge >= 0.3 is 0 Å². The zero-order valence-corrected chi connectivity index (χ0v) is 15.7. The van der Waals surface area contributed by atoms with Crippen LogP contribution < -0.4 is 5.48 Å². The Morgan fingerprint density at radius 3 is 2.48 bits per heavy atom. The summed E-state index contributed by atoms with van der Waals surface area (Å²) in [5.41, 5.74) is 3.20. The monoisotopic (exact) mass is 410 g/mol.